The SMILES string of the molecule is Cn1ccc(Oc2cccc(S)c2Cl)n1. The smallest absolute Gasteiger partial charge is 0.238 e. The minimum atomic E-state index is 0.492. The number of rotatable bonds is 2. The molecule has 1 aromatic carbocycles. The third-order valence-corrected chi connectivity index (χ3v) is 2.74. The molecule has 0 aliphatic rings. The van der Waals surface area contributed by atoms with Gasteiger partial charge >= 0.3 is 0 Å². The van der Waals surface area contributed by atoms with Crippen molar-refractivity contribution >= 4 is 24.2 Å². The molecule has 0 saturated heterocycles. The quantitative estimate of drug-likeness (QED) is 0.817. The Morgan fingerprint density at radius 1 is 1.40 bits per heavy atom. The molecule has 0 fully saturated rings. The third-order valence-electron chi connectivity index (χ3n) is 1.85. The van der Waals surface area contributed by atoms with Gasteiger partial charge in [-0.1, -0.05) is 17.7 Å². The van der Waals surface area contributed by atoms with Crippen LogP contribution in [-0.4, -0.2) is 9.78 Å². The van der Waals surface area contributed by atoms with E-state index in [0.717, 1.165) is 0 Å². The molecule has 78 valence electrons. The van der Waals surface area contributed by atoms with Crippen LogP contribution in [0.15, 0.2) is 35.4 Å². The van der Waals surface area contributed by atoms with Crippen molar-refractivity contribution in [3.05, 3.63) is 35.5 Å². The van der Waals surface area contributed by atoms with Crippen molar-refractivity contribution in [1.82, 2.24) is 9.78 Å². The summed E-state index contributed by atoms with van der Waals surface area (Å²) in [5.74, 6) is 1.07. The van der Waals surface area contributed by atoms with Crippen LogP contribution in [0.5, 0.6) is 11.6 Å². The van der Waals surface area contributed by atoms with Gasteiger partial charge in [-0.05, 0) is 12.1 Å². The third kappa shape index (κ3) is 2.27. The fraction of sp³-hybridized carbons (Fsp3) is 0.100. The molecule has 1 aromatic heterocycles. The van der Waals surface area contributed by atoms with Crippen molar-refractivity contribution in [2.75, 3.05) is 0 Å². The first-order chi connectivity index (χ1) is 7.16. The van der Waals surface area contributed by atoms with Gasteiger partial charge in [-0.3, -0.25) is 4.68 Å². The van der Waals surface area contributed by atoms with Gasteiger partial charge in [0.2, 0.25) is 5.88 Å². The van der Waals surface area contributed by atoms with Crippen molar-refractivity contribution < 1.29 is 4.74 Å². The van der Waals surface area contributed by atoms with Gasteiger partial charge in [-0.2, -0.15) is 0 Å². The van der Waals surface area contributed by atoms with E-state index in [2.05, 4.69) is 17.7 Å². The number of aryl methyl sites for hydroxylation is 1. The molecule has 2 aromatic rings. The summed E-state index contributed by atoms with van der Waals surface area (Å²) in [6, 6.07) is 7.17. The Kier molecular flexibility index (Phi) is 2.88. The zero-order valence-electron chi connectivity index (χ0n) is 8.01. The Labute approximate surface area is 98.0 Å². The number of hydrogen-bond acceptors (Lipinski definition) is 3. The van der Waals surface area contributed by atoms with Gasteiger partial charge in [-0.15, -0.1) is 17.7 Å². The number of ether oxygens (including phenoxy) is 1. The molecule has 0 unspecified atom stereocenters. The van der Waals surface area contributed by atoms with E-state index in [4.69, 9.17) is 16.3 Å². The van der Waals surface area contributed by atoms with Gasteiger partial charge in [-0.25, -0.2) is 0 Å². The number of benzene rings is 1. The van der Waals surface area contributed by atoms with Crippen LogP contribution in [-0.2, 0) is 7.05 Å². The summed E-state index contributed by atoms with van der Waals surface area (Å²) < 4.78 is 7.16. The molecule has 1 heterocycles. The van der Waals surface area contributed by atoms with E-state index in [-0.39, 0.29) is 0 Å². The fourth-order valence-electron chi connectivity index (χ4n) is 1.14. The van der Waals surface area contributed by atoms with E-state index >= 15 is 0 Å². The summed E-state index contributed by atoms with van der Waals surface area (Å²) in [6.45, 7) is 0. The molecule has 5 heteroatoms. The lowest BCUT2D eigenvalue weighted by molar-refractivity contribution is 0.453. The van der Waals surface area contributed by atoms with Gasteiger partial charge < -0.3 is 4.74 Å². The highest BCUT2D eigenvalue weighted by atomic mass is 35.5. The van der Waals surface area contributed by atoms with Crippen LogP contribution >= 0.6 is 24.2 Å². The maximum absolute atomic E-state index is 6.01. The second-order valence-electron chi connectivity index (χ2n) is 3.02. The van der Waals surface area contributed by atoms with Crippen molar-refractivity contribution in [2.45, 2.75) is 4.90 Å². The highest BCUT2D eigenvalue weighted by molar-refractivity contribution is 7.80. The standard InChI is InChI=1S/C10H9ClN2OS/c1-13-6-5-9(12-13)14-7-3-2-4-8(15)10(7)11/h2-6,15H,1H3. The maximum Gasteiger partial charge on any atom is 0.238 e. The second-order valence-corrected chi connectivity index (χ2v) is 3.88. The summed E-state index contributed by atoms with van der Waals surface area (Å²) in [7, 11) is 1.82. The van der Waals surface area contributed by atoms with Gasteiger partial charge in [0.15, 0.2) is 0 Å². The van der Waals surface area contributed by atoms with Crippen molar-refractivity contribution in [1.29, 1.82) is 0 Å². The normalized spacial score (nSPS) is 10.3. The molecule has 0 radical (unpaired) electrons. The van der Waals surface area contributed by atoms with Crippen molar-refractivity contribution in [2.24, 2.45) is 7.05 Å². The average molecular weight is 241 g/mol. The molecule has 0 atom stereocenters. The van der Waals surface area contributed by atoms with Crippen LogP contribution in [0, 0.1) is 0 Å². The van der Waals surface area contributed by atoms with E-state index in [9.17, 15) is 0 Å². The van der Waals surface area contributed by atoms with Crippen LogP contribution in [0.2, 0.25) is 5.02 Å². The van der Waals surface area contributed by atoms with E-state index < -0.39 is 0 Å². The number of halogens is 1. The fourth-order valence-corrected chi connectivity index (χ4v) is 1.50. The summed E-state index contributed by atoms with van der Waals surface area (Å²) >= 11 is 10.2. The molecule has 2 rings (SSSR count). The lowest BCUT2D eigenvalue weighted by Gasteiger charge is -2.05. The summed E-state index contributed by atoms with van der Waals surface area (Å²) in [5, 5.41) is 4.58. The second kappa shape index (κ2) is 4.16. The Hall–Kier alpha value is -1.13. The molecule has 0 aliphatic heterocycles. The minimum Gasteiger partial charge on any atom is -0.436 e. The summed E-state index contributed by atoms with van der Waals surface area (Å²) in [5.41, 5.74) is 0. The first-order valence-corrected chi connectivity index (χ1v) is 5.14. The molecule has 0 amide bonds. The predicted molar refractivity (Wildman–Crippen MR) is 62.0 cm³/mol. The van der Waals surface area contributed by atoms with Gasteiger partial charge in [0, 0.05) is 24.2 Å². The molecule has 0 spiro atoms. The molecular weight excluding hydrogens is 232 g/mol. The van der Waals surface area contributed by atoms with Crippen LogP contribution in [0.25, 0.3) is 0 Å². The van der Waals surface area contributed by atoms with Gasteiger partial charge in [0.25, 0.3) is 0 Å². The number of nitrogens with zero attached hydrogens (tertiary/aromatic N) is 2. The van der Waals surface area contributed by atoms with Gasteiger partial charge in [0.05, 0.1) is 5.02 Å². The van der Waals surface area contributed by atoms with E-state index in [1.54, 1.807) is 29.1 Å². The lowest BCUT2D eigenvalue weighted by Crippen LogP contribution is -1.90. The van der Waals surface area contributed by atoms with Crippen LogP contribution in [0.4, 0.5) is 0 Å². The molecule has 0 saturated carbocycles. The topological polar surface area (TPSA) is 27.1 Å². The summed E-state index contributed by atoms with van der Waals surface area (Å²) in [6.07, 6.45) is 1.80. The Bertz CT molecular complexity index is 484. The molecule has 0 aliphatic carbocycles. The number of hydrogen-bond donors (Lipinski definition) is 1. The first-order valence-electron chi connectivity index (χ1n) is 4.32. The number of thiol groups is 1. The monoisotopic (exact) mass is 240 g/mol. The van der Waals surface area contributed by atoms with Crippen LogP contribution in [0.1, 0.15) is 0 Å². The largest absolute Gasteiger partial charge is 0.436 e. The molecule has 3 nitrogen and oxygen atoms in total. The Morgan fingerprint density at radius 3 is 2.87 bits per heavy atom. The predicted octanol–water partition coefficient (Wildman–Crippen LogP) is 3.15. The van der Waals surface area contributed by atoms with E-state index in [1.165, 1.54) is 0 Å². The zero-order chi connectivity index (χ0) is 10.8. The van der Waals surface area contributed by atoms with E-state index in [0.29, 0.717) is 21.5 Å². The maximum atomic E-state index is 6.01. The number of aromatic nitrogens is 2. The Morgan fingerprint density at radius 2 is 2.20 bits per heavy atom. The van der Waals surface area contributed by atoms with Crippen LogP contribution in [0.3, 0.4) is 0 Å². The van der Waals surface area contributed by atoms with Crippen molar-refractivity contribution in [3.63, 3.8) is 0 Å². The molecular formula is C10H9ClN2OS. The molecule has 0 bridgehead atoms. The van der Waals surface area contributed by atoms with Crippen LogP contribution < -0.4 is 4.74 Å². The van der Waals surface area contributed by atoms with Gasteiger partial charge in [0.1, 0.15) is 5.75 Å². The summed E-state index contributed by atoms with van der Waals surface area (Å²) in [4.78, 5) is 0.685. The first kappa shape index (κ1) is 10.4. The Balaban J connectivity index is 2.28. The zero-order valence-corrected chi connectivity index (χ0v) is 9.66. The average Bonchev–Trinajstić information content (AvgIpc) is 2.59. The van der Waals surface area contributed by atoms with E-state index in [1.807, 2.05) is 13.1 Å². The molecule has 15 heavy (non-hydrogen) atoms. The highest BCUT2D eigenvalue weighted by Gasteiger charge is 2.06. The minimum absolute atomic E-state index is 0.492. The lowest BCUT2D eigenvalue weighted by atomic mass is 10.3. The molecule has 0 N–H and O–H groups in total. The van der Waals surface area contributed by atoms with Crippen molar-refractivity contribution in [3.8, 4) is 11.6 Å². The highest BCUT2D eigenvalue weighted by Crippen LogP contribution is 2.32.